The van der Waals surface area contributed by atoms with Gasteiger partial charge in [0.2, 0.25) is 0 Å². The van der Waals surface area contributed by atoms with Crippen LogP contribution in [0, 0.1) is 15.9 Å². The summed E-state index contributed by atoms with van der Waals surface area (Å²) in [7, 11) is 0. The van der Waals surface area contributed by atoms with Gasteiger partial charge in [0.25, 0.3) is 11.6 Å². The third-order valence-electron chi connectivity index (χ3n) is 2.98. The molecule has 2 aromatic rings. The number of non-ortho nitro benzene ring substituents is 1. The first-order valence-corrected chi connectivity index (χ1v) is 7.64. The van der Waals surface area contributed by atoms with Crippen molar-refractivity contribution >= 4 is 39.4 Å². The van der Waals surface area contributed by atoms with Crippen molar-refractivity contribution < 1.29 is 19.2 Å². The molecule has 0 spiro atoms. The molecule has 130 valence electrons. The lowest BCUT2D eigenvalue weighted by Gasteiger charge is -2.05. The van der Waals surface area contributed by atoms with E-state index in [-0.39, 0.29) is 33.8 Å². The number of nitrogens with one attached hydrogen (secondary N) is 2. The van der Waals surface area contributed by atoms with Crippen LogP contribution in [0.1, 0.15) is 5.56 Å². The average Bonchev–Trinajstić information content (AvgIpc) is 2.57. The Morgan fingerprint density at radius 3 is 2.68 bits per heavy atom. The molecule has 0 heterocycles. The van der Waals surface area contributed by atoms with E-state index in [2.05, 4.69) is 31.8 Å². The van der Waals surface area contributed by atoms with Crippen molar-refractivity contribution in [3.05, 3.63) is 62.4 Å². The van der Waals surface area contributed by atoms with Gasteiger partial charge >= 0.3 is 0 Å². The number of carbonyl (C=O) groups is 1. The third-order valence-corrected chi connectivity index (χ3v) is 3.58. The quantitative estimate of drug-likeness (QED) is 0.384. The van der Waals surface area contributed by atoms with E-state index < -0.39 is 10.8 Å². The van der Waals surface area contributed by atoms with Crippen molar-refractivity contribution in [1.29, 1.82) is 0 Å². The van der Waals surface area contributed by atoms with Gasteiger partial charge < -0.3 is 10.4 Å². The Hall–Kier alpha value is -3.01. The smallest absolute Gasteiger partial charge is 0.271 e. The standard InChI is InChI=1S/C15H12BrFN4O4/c16-13-6-12(21(24)25)5-9(15(13)23)7-19-20-14(22)8-18-11-3-1-10(17)2-4-11/h1-7,18,23H,8H2,(H,20,22)/b19-7-. The highest BCUT2D eigenvalue weighted by atomic mass is 79.9. The number of benzene rings is 2. The molecular weight excluding hydrogens is 399 g/mol. The molecule has 0 bridgehead atoms. The number of anilines is 1. The van der Waals surface area contributed by atoms with E-state index >= 15 is 0 Å². The van der Waals surface area contributed by atoms with E-state index in [9.17, 15) is 24.4 Å². The van der Waals surface area contributed by atoms with E-state index in [1.807, 2.05) is 0 Å². The van der Waals surface area contributed by atoms with Crippen LogP contribution in [-0.2, 0) is 4.79 Å². The highest BCUT2D eigenvalue weighted by molar-refractivity contribution is 9.10. The third kappa shape index (κ3) is 5.24. The zero-order chi connectivity index (χ0) is 18.4. The number of rotatable bonds is 6. The molecule has 3 N–H and O–H groups in total. The maximum absolute atomic E-state index is 12.8. The molecule has 10 heteroatoms. The van der Waals surface area contributed by atoms with Gasteiger partial charge in [0, 0.05) is 23.4 Å². The summed E-state index contributed by atoms with van der Waals surface area (Å²) in [6, 6.07) is 7.72. The molecule has 0 radical (unpaired) electrons. The molecule has 0 aliphatic carbocycles. The van der Waals surface area contributed by atoms with E-state index in [1.54, 1.807) is 0 Å². The van der Waals surface area contributed by atoms with Crippen molar-refractivity contribution in [3.8, 4) is 5.75 Å². The molecule has 0 aromatic heterocycles. The molecular formula is C15H12BrFN4O4. The van der Waals surface area contributed by atoms with Crippen molar-refractivity contribution in [3.63, 3.8) is 0 Å². The summed E-state index contributed by atoms with van der Waals surface area (Å²) in [5, 5.41) is 27.0. The largest absolute Gasteiger partial charge is 0.506 e. The normalized spacial score (nSPS) is 10.6. The second-order valence-electron chi connectivity index (χ2n) is 4.78. The van der Waals surface area contributed by atoms with Crippen LogP contribution in [0.2, 0.25) is 0 Å². The monoisotopic (exact) mass is 410 g/mol. The summed E-state index contributed by atoms with van der Waals surface area (Å²) in [6.45, 7) is -0.117. The number of nitro benzene ring substituents is 1. The van der Waals surface area contributed by atoms with Gasteiger partial charge in [0.15, 0.2) is 0 Å². The highest BCUT2D eigenvalue weighted by Gasteiger charge is 2.13. The first kappa shape index (κ1) is 18.3. The van der Waals surface area contributed by atoms with Crippen LogP contribution in [0.15, 0.2) is 46.0 Å². The van der Waals surface area contributed by atoms with E-state index in [1.165, 1.54) is 24.3 Å². The Balaban J connectivity index is 1.95. The number of phenolic OH excluding ortho intramolecular Hbond substituents is 1. The van der Waals surface area contributed by atoms with Gasteiger partial charge in [-0.1, -0.05) is 0 Å². The number of nitro groups is 1. The summed E-state index contributed by atoms with van der Waals surface area (Å²) in [6.07, 6.45) is 1.09. The Kier molecular flexibility index (Phi) is 6.01. The molecule has 0 saturated heterocycles. The molecule has 8 nitrogen and oxygen atoms in total. The molecule has 0 aliphatic rings. The zero-order valence-electron chi connectivity index (χ0n) is 12.6. The Morgan fingerprint density at radius 1 is 1.36 bits per heavy atom. The topological polar surface area (TPSA) is 117 Å². The molecule has 2 aromatic carbocycles. The fourth-order valence-corrected chi connectivity index (χ4v) is 2.24. The van der Waals surface area contributed by atoms with Crippen LogP contribution in [0.25, 0.3) is 0 Å². The number of hydrogen-bond donors (Lipinski definition) is 3. The number of phenols is 1. The molecule has 1 amide bonds. The van der Waals surface area contributed by atoms with Crippen molar-refractivity contribution in [2.45, 2.75) is 0 Å². The molecule has 0 fully saturated rings. The van der Waals surface area contributed by atoms with Gasteiger partial charge in [-0.15, -0.1) is 0 Å². The van der Waals surface area contributed by atoms with Gasteiger partial charge in [-0.05, 0) is 40.2 Å². The van der Waals surface area contributed by atoms with Crippen LogP contribution in [0.5, 0.6) is 5.75 Å². The summed E-state index contributed by atoms with van der Waals surface area (Å²) in [5.41, 5.74) is 2.58. The summed E-state index contributed by atoms with van der Waals surface area (Å²) in [5.74, 6) is -1.12. The fourth-order valence-electron chi connectivity index (χ4n) is 1.77. The van der Waals surface area contributed by atoms with Crippen LogP contribution in [-0.4, -0.2) is 28.7 Å². The van der Waals surface area contributed by atoms with Crippen molar-refractivity contribution in [2.24, 2.45) is 5.10 Å². The van der Waals surface area contributed by atoms with Crippen LogP contribution in [0.3, 0.4) is 0 Å². The fraction of sp³-hybridized carbons (Fsp3) is 0.0667. The lowest BCUT2D eigenvalue weighted by Crippen LogP contribution is -2.25. The minimum Gasteiger partial charge on any atom is -0.506 e. The molecule has 0 atom stereocenters. The number of carbonyl (C=O) groups excluding carboxylic acids is 1. The molecule has 0 unspecified atom stereocenters. The van der Waals surface area contributed by atoms with Gasteiger partial charge in [0.1, 0.15) is 11.6 Å². The lowest BCUT2D eigenvalue weighted by molar-refractivity contribution is -0.385. The highest BCUT2D eigenvalue weighted by Crippen LogP contribution is 2.31. The summed E-state index contributed by atoms with van der Waals surface area (Å²) >= 11 is 3.00. The minimum atomic E-state index is -0.618. The Morgan fingerprint density at radius 2 is 2.04 bits per heavy atom. The number of halogens is 2. The molecule has 25 heavy (non-hydrogen) atoms. The van der Waals surface area contributed by atoms with Crippen molar-refractivity contribution in [2.75, 3.05) is 11.9 Å². The van der Waals surface area contributed by atoms with Gasteiger partial charge in [0.05, 0.1) is 22.2 Å². The van der Waals surface area contributed by atoms with Gasteiger partial charge in [-0.3, -0.25) is 14.9 Å². The van der Waals surface area contributed by atoms with Crippen LogP contribution in [0.4, 0.5) is 15.8 Å². The summed E-state index contributed by atoms with van der Waals surface area (Å²) < 4.78 is 12.9. The number of hydrogen-bond acceptors (Lipinski definition) is 6. The molecule has 0 aliphatic heterocycles. The van der Waals surface area contributed by atoms with E-state index in [4.69, 9.17) is 0 Å². The number of amides is 1. The first-order chi connectivity index (χ1) is 11.9. The lowest BCUT2D eigenvalue weighted by atomic mass is 10.2. The number of aromatic hydroxyl groups is 1. The van der Waals surface area contributed by atoms with Gasteiger partial charge in [-0.2, -0.15) is 5.10 Å². The van der Waals surface area contributed by atoms with Crippen LogP contribution >= 0.6 is 15.9 Å². The predicted octanol–water partition coefficient (Wildman–Crippen LogP) is 2.76. The maximum atomic E-state index is 12.8. The van der Waals surface area contributed by atoms with Crippen molar-refractivity contribution in [1.82, 2.24) is 5.43 Å². The van der Waals surface area contributed by atoms with Gasteiger partial charge in [-0.25, -0.2) is 9.82 Å². The predicted molar refractivity (Wildman–Crippen MR) is 93.1 cm³/mol. The molecule has 2 rings (SSSR count). The number of nitrogens with zero attached hydrogens (tertiary/aromatic N) is 2. The van der Waals surface area contributed by atoms with E-state index in [0.717, 1.165) is 18.3 Å². The second kappa shape index (κ2) is 8.20. The average molecular weight is 411 g/mol. The Bertz CT molecular complexity index is 827. The zero-order valence-corrected chi connectivity index (χ0v) is 14.2. The maximum Gasteiger partial charge on any atom is 0.271 e. The molecule has 0 saturated carbocycles. The Labute approximate surface area is 149 Å². The minimum absolute atomic E-state index is 0.0628. The van der Waals surface area contributed by atoms with E-state index in [0.29, 0.717) is 5.69 Å². The summed E-state index contributed by atoms with van der Waals surface area (Å²) in [4.78, 5) is 21.8. The van der Waals surface area contributed by atoms with Crippen LogP contribution < -0.4 is 10.7 Å². The first-order valence-electron chi connectivity index (χ1n) is 6.85. The second-order valence-corrected chi connectivity index (χ2v) is 5.63. The number of hydrazone groups is 1. The SMILES string of the molecule is O=C(CNc1ccc(F)cc1)N/N=C\c1cc([N+](=O)[O-])cc(Br)c1O.